The summed E-state index contributed by atoms with van der Waals surface area (Å²) >= 11 is 0. The molecule has 0 bridgehead atoms. The van der Waals surface area contributed by atoms with Gasteiger partial charge in [-0.2, -0.15) is 5.10 Å². The van der Waals surface area contributed by atoms with Gasteiger partial charge in [0.1, 0.15) is 6.04 Å². The number of carbonyl (C=O) groups is 1. The summed E-state index contributed by atoms with van der Waals surface area (Å²) in [4.78, 5) is 11.9. The van der Waals surface area contributed by atoms with Crippen molar-refractivity contribution in [3.63, 3.8) is 0 Å². The Morgan fingerprint density at radius 1 is 1.50 bits per heavy atom. The molecule has 100 valence electrons. The maximum atomic E-state index is 11.9. The van der Waals surface area contributed by atoms with E-state index >= 15 is 0 Å². The van der Waals surface area contributed by atoms with Crippen molar-refractivity contribution < 1.29 is 9.90 Å². The molecule has 1 aliphatic carbocycles. The van der Waals surface area contributed by atoms with Crippen LogP contribution in [0.1, 0.15) is 38.6 Å². The lowest BCUT2D eigenvalue weighted by molar-refractivity contribution is -0.124. The van der Waals surface area contributed by atoms with Crippen LogP contribution in [0.2, 0.25) is 0 Å². The molecule has 5 nitrogen and oxygen atoms in total. The molecule has 0 radical (unpaired) electrons. The van der Waals surface area contributed by atoms with Gasteiger partial charge in [0.15, 0.2) is 0 Å². The molecule has 2 N–H and O–H groups in total. The fraction of sp³-hybridized carbons (Fsp3) is 0.692. The molecule has 1 atom stereocenters. The summed E-state index contributed by atoms with van der Waals surface area (Å²) in [6, 6.07) is 1.54. The fourth-order valence-electron chi connectivity index (χ4n) is 2.37. The number of aliphatic hydroxyl groups excluding tert-OH is 1. The molecule has 0 saturated heterocycles. The first-order chi connectivity index (χ1) is 8.66. The number of aromatic nitrogens is 2. The average molecular weight is 251 g/mol. The molecule has 1 heterocycles. The van der Waals surface area contributed by atoms with Gasteiger partial charge in [0, 0.05) is 18.9 Å². The molecule has 1 unspecified atom stereocenters. The monoisotopic (exact) mass is 251 g/mol. The molecule has 0 aliphatic heterocycles. The summed E-state index contributed by atoms with van der Waals surface area (Å²) in [5.74, 6) is 0.506. The third-order valence-corrected chi connectivity index (χ3v) is 3.68. The summed E-state index contributed by atoms with van der Waals surface area (Å²) in [7, 11) is 0. The first-order valence-electron chi connectivity index (χ1n) is 6.61. The normalized spacial score (nSPS) is 25.7. The number of carbonyl (C=O) groups excluding carboxylic acids is 1. The van der Waals surface area contributed by atoms with Crippen molar-refractivity contribution in [3.05, 3.63) is 18.5 Å². The van der Waals surface area contributed by atoms with Crippen LogP contribution < -0.4 is 5.32 Å². The lowest BCUT2D eigenvalue weighted by Crippen LogP contribution is -2.36. The van der Waals surface area contributed by atoms with Crippen LogP contribution in [-0.4, -0.2) is 33.4 Å². The molecule has 1 aromatic heterocycles. The highest BCUT2D eigenvalue weighted by Crippen LogP contribution is 2.23. The van der Waals surface area contributed by atoms with Gasteiger partial charge in [-0.25, -0.2) is 0 Å². The molecule has 1 aliphatic rings. The number of hydrogen-bond donors (Lipinski definition) is 2. The van der Waals surface area contributed by atoms with Crippen LogP contribution in [-0.2, 0) is 4.79 Å². The summed E-state index contributed by atoms with van der Waals surface area (Å²) in [5.41, 5.74) is 0. The molecule has 5 heteroatoms. The van der Waals surface area contributed by atoms with E-state index in [0.717, 1.165) is 25.7 Å². The van der Waals surface area contributed by atoms with Gasteiger partial charge >= 0.3 is 0 Å². The Morgan fingerprint density at radius 3 is 2.83 bits per heavy atom. The maximum Gasteiger partial charge on any atom is 0.244 e. The minimum absolute atomic E-state index is 0.00446. The zero-order chi connectivity index (χ0) is 13.0. The molecular formula is C13H21N3O2. The van der Waals surface area contributed by atoms with Crippen molar-refractivity contribution in [3.8, 4) is 0 Å². The van der Waals surface area contributed by atoms with E-state index in [4.69, 9.17) is 0 Å². The van der Waals surface area contributed by atoms with Crippen LogP contribution in [0.25, 0.3) is 0 Å². The fourth-order valence-corrected chi connectivity index (χ4v) is 2.37. The van der Waals surface area contributed by atoms with Gasteiger partial charge in [-0.05, 0) is 44.6 Å². The minimum atomic E-state index is -0.269. The topological polar surface area (TPSA) is 67.2 Å². The highest BCUT2D eigenvalue weighted by molar-refractivity contribution is 5.79. The number of aliphatic hydroxyl groups is 1. The Hall–Kier alpha value is -1.36. The van der Waals surface area contributed by atoms with Gasteiger partial charge in [0.25, 0.3) is 0 Å². The second-order valence-corrected chi connectivity index (χ2v) is 5.08. The van der Waals surface area contributed by atoms with Gasteiger partial charge in [-0.1, -0.05) is 0 Å². The Bertz CT molecular complexity index is 370. The van der Waals surface area contributed by atoms with Crippen molar-refractivity contribution in [2.75, 3.05) is 6.54 Å². The number of nitrogens with zero attached hydrogens (tertiary/aromatic N) is 2. The van der Waals surface area contributed by atoms with Crippen molar-refractivity contribution in [1.82, 2.24) is 15.1 Å². The zero-order valence-corrected chi connectivity index (χ0v) is 10.7. The van der Waals surface area contributed by atoms with Crippen LogP contribution in [0, 0.1) is 5.92 Å². The molecule has 0 aromatic carbocycles. The molecular weight excluding hydrogens is 230 g/mol. The first kappa shape index (κ1) is 13.1. The predicted octanol–water partition coefficient (Wildman–Crippen LogP) is 1.11. The standard InChI is InChI=1S/C13H21N3O2/c1-10(16-8-2-7-15-16)13(18)14-9-11-3-5-12(17)6-4-11/h2,7-8,10-12,17H,3-6,9H2,1H3,(H,14,18). The van der Waals surface area contributed by atoms with Crippen molar-refractivity contribution in [2.24, 2.45) is 5.92 Å². The summed E-state index contributed by atoms with van der Waals surface area (Å²) in [6.07, 6.45) is 7.03. The molecule has 2 rings (SSSR count). The van der Waals surface area contributed by atoms with Gasteiger partial charge < -0.3 is 10.4 Å². The lowest BCUT2D eigenvalue weighted by Gasteiger charge is -2.26. The van der Waals surface area contributed by atoms with Crippen molar-refractivity contribution in [1.29, 1.82) is 0 Å². The third-order valence-electron chi connectivity index (χ3n) is 3.68. The smallest absolute Gasteiger partial charge is 0.244 e. The third kappa shape index (κ3) is 3.32. The quantitative estimate of drug-likeness (QED) is 0.842. The Morgan fingerprint density at radius 2 is 2.22 bits per heavy atom. The highest BCUT2D eigenvalue weighted by Gasteiger charge is 2.21. The minimum Gasteiger partial charge on any atom is -0.393 e. The van der Waals surface area contributed by atoms with Gasteiger partial charge in [-0.3, -0.25) is 9.48 Å². The van der Waals surface area contributed by atoms with Crippen LogP contribution >= 0.6 is 0 Å². The summed E-state index contributed by atoms with van der Waals surface area (Å²) in [6.45, 7) is 2.55. The molecule has 1 amide bonds. The van der Waals surface area contributed by atoms with E-state index in [0.29, 0.717) is 12.5 Å². The van der Waals surface area contributed by atoms with Crippen LogP contribution in [0.4, 0.5) is 0 Å². The van der Waals surface area contributed by atoms with Gasteiger partial charge in [0.05, 0.1) is 6.10 Å². The van der Waals surface area contributed by atoms with Gasteiger partial charge in [0.2, 0.25) is 5.91 Å². The van der Waals surface area contributed by atoms with Crippen molar-refractivity contribution >= 4 is 5.91 Å². The first-order valence-corrected chi connectivity index (χ1v) is 6.61. The average Bonchev–Trinajstić information content (AvgIpc) is 2.90. The van der Waals surface area contributed by atoms with Crippen molar-refractivity contribution in [2.45, 2.75) is 44.8 Å². The van der Waals surface area contributed by atoms with Crippen LogP contribution in [0.3, 0.4) is 0 Å². The Kier molecular flexibility index (Phi) is 4.36. The summed E-state index contributed by atoms with van der Waals surface area (Å²) < 4.78 is 1.65. The van der Waals surface area contributed by atoms with E-state index in [-0.39, 0.29) is 18.1 Å². The highest BCUT2D eigenvalue weighted by atomic mass is 16.3. The molecule has 18 heavy (non-hydrogen) atoms. The SMILES string of the molecule is CC(C(=O)NCC1CCC(O)CC1)n1cccn1. The Balaban J connectivity index is 1.75. The second-order valence-electron chi connectivity index (χ2n) is 5.08. The number of amides is 1. The van der Waals surface area contributed by atoms with Gasteiger partial charge in [-0.15, -0.1) is 0 Å². The van der Waals surface area contributed by atoms with Crippen LogP contribution in [0.15, 0.2) is 18.5 Å². The van der Waals surface area contributed by atoms with E-state index in [1.807, 2.05) is 13.0 Å². The maximum absolute atomic E-state index is 11.9. The second kappa shape index (κ2) is 6.00. The lowest BCUT2D eigenvalue weighted by atomic mass is 9.87. The molecule has 1 aromatic rings. The zero-order valence-electron chi connectivity index (χ0n) is 10.7. The predicted molar refractivity (Wildman–Crippen MR) is 67.9 cm³/mol. The number of nitrogens with one attached hydrogen (secondary N) is 1. The molecule has 1 saturated carbocycles. The van der Waals surface area contributed by atoms with E-state index in [2.05, 4.69) is 10.4 Å². The number of hydrogen-bond acceptors (Lipinski definition) is 3. The van der Waals surface area contributed by atoms with E-state index in [1.165, 1.54) is 0 Å². The number of rotatable bonds is 4. The van der Waals surface area contributed by atoms with Crippen LogP contribution in [0.5, 0.6) is 0 Å². The summed E-state index contributed by atoms with van der Waals surface area (Å²) in [5, 5.41) is 16.5. The van der Waals surface area contributed by atoms with E-state index in [9.17, 15) is 9.90 Å². The van der Waals surface area contributed by atoms with E-state index in [1.54, 1.807) is 17.1 Å². The molecule has 1 fully saturated rings. The molecule has 0 spiro atoms. The van der Waals surface area contributed by atoms with E-state index < -0.39 is 0 Å². The largest absolute Gasteiger partial charge is 0.393 e. The Labute approximate surface area is 107 Å².